The minimum Gasteiger partial charge on any atom is -0.493 e. The van der Waals surface area contributed by atoms with Crippen molar-refractivity contribution in [1.29, 1.82) is 0 Å². The minimum absolute atomic E-state index is 0.126. The summed E-state index contributed by atoms with van der Waals surface area (Å²) in [4.78, 5) is 38.0. The van der Waals surface area contributed by atoms with Crippen molar-refractivity contribution in [2.24, 2.45) is 0 Å². The molecule has 28 heavy (non-hydrogen) atoms. The van der Waals surface area contributed by atoms with Gasteiger partial charge >= 0.3 is 0 Å². The van der Waals surface area contributed by atoms with Crippen molar-refractivity contribution >= 4 is 29.1 Å². The summed E-state index contributed by atoms with van der Waals surface area (Å²) in [7, 11) is 2.98. The topological polar surface area (TPSA) is 111 Å². The molecule has 3 rings (SSSR count). The number of methoxy groups -OCH3 is 2. The van der Waals surface area contributed by atoms with Gasteiger partial charge in [0.1, 0.15) is 0 Å². The zero-order chi connectivity index (χ0) is 20.3. The van der Waals surface area contributed by atoms with E-state index in [0.29, 0.717) is 40.4 Å². The van der Waals surface area contributed by atoms with Crippen LogP contribution in [-0.4, -0.2) is 43.4 Å². The second-order valence-electron chi connectivity index (χ2n) is 6.25. The quantitative estimate of drug-likeness (QED) is 0.561. The fourth-order valence-electron chi connectivity index (χ4n) is 3.06. The third-order valence-electron chi connectivity index (χ3n) is 4.49. The third kappa shape index (κ3) is 3.62. The van der Waals surface area contributed by atoms with E-state index in [4.69, 9.17) is 15.2 Å². The second kappa shape index (κ2) is 7.99. The second-order valence-corrected chi connectivity index (χ2v) is 6.25. The number of carbonyl (C=O) groups is 3. The molecule has 0 radical (unpaired) electrons. The van der Waals surface area contributed by atoms with Gasteiger partial charge in [-0.15, -0.1) is 0 Å². The highest BCUT2D eigenvalue weighted by Crippen LogP contribution is 2.34. The average Bonchev–Trinajstić information content (AvgIpc) is 2.94. The van der Waals surface area contributed by atoms with E-state index in [0.717, 1.165) is 0 Å². The fraction of sp³-hybridized carbons (Fsp3) is 0.250. The standard InChI is InChI=1S/C20H21N3O5/c1-27-16-10-14(21)15(11-17(16)28-2)22-18(24)8-5-9-23-19(25)12-6-3-4-7-13(12)20(23)26/h3-4,6-7,10-11H,5,8-9,21H2,1-2H3,(H,22,24). The summed E-state index contributed by atoms with van der Waals surface area (Å²) in [6, 6.07) is 9.83. The Balaban J connectivity index is 1.57. The summed E-state index contributed by atoms with van der Waals surface area (Å²) in [5.74, 6) is -0.0348. The monoisotopic (exact) mass is 383 g/mol. The largest absolute Gasteiger partial charge is 0.493 e. The number of carbonyl (C=O) groups excluding carboxylic acids is 3. The van der Waals surface area contributed by atoms with Crippen LogP contribution in [0.25, 0.3) is 0 Å². The molecule has 8 heteroatoms. The summed E-state index contributed by atoms with van der Waals surface area (Å²) in [6.45, 7) is 0.168. The summed E-state index contributed by atoms with van der Waals surface area (Å²) in [5.41, 5.74) is 7.48. The minimum atomic E-state index is -0.329. The van der Waals surface area contributed by atoms with Crippen LogP contribution in [0.3, 0.4) is 0 Å². The van der Waals surface area contributed by atoms with Gasteiger partial charge in [0.25, 0.3) is 11.8 Å². The van der Waals surface area contributed by atoms with Crippen LogP contribution < -0.4 is 20.5 Å². The first kappa shape index (κ1) is 19.2. The van der Waals surface area contributed by atoms with Crippen LogP contribution >= 0.6 is 0 Å². The molecule has 0 aliphatic carbocycles. The average molecular weight is 383 g/mol. The lowest BCUT2D eigenvalue weighted by Crippen LogP contribution is -2.31. The van der Waals surface area contributed by atoms with Gasteiger partial charge in [-0.3, -0.25) is 19.3 Å². The van der Waals surface area contributed by atoms with Crippen molar-refractivity contribution in [2.45, 2.75) is 12.8 Å². The van der Waals surface area contributed by atoms with Gasteiger partial charge in [0, 0.05) is 25.1 Å². The van der Waals surface area contributed by atoms with E-state index in [1.54, 1.807) is 36.4 Å². The SMILES string of the molecule is COc1cc(N)c(NC(=O)CCCN2C(=O)c3ccccc3C2=O)cc1OC. The molecule has 0 aromatic heterocycles. The maximum atomic E-state index is 12.3. The summed E-state index contributed by atoms with van der Waals surface area (Å²) < 4.78 is 10.4. The van der Waals surface area contributed by atoms with Crippen LogP contribution in [0.4, 0.5) is 11.4 Å². The molecule has 1 heterocycles. The number of nitrogens with zero attached hydrogens (tertiary/aromatic N) is 1. The molecule has 0 atom stereocenters. The first-order valence-electron chi connectivity index (χ1n) is 8.72. The molecule has 0 unspecified atom stereocenters. The number of hydrogen-bond acceptors (Lipinski definition) is 6. The number of ether oxygens (including phenoxy) is 2. The summed E-state index contributed by atoms with van der Waals surface area (Å²) in [5, 5.41) is 2.71. The Bertz CT molecular complexity index is 906. The normalized spacial score (nSPS) is 12.7. The first-order chi connectivity index (χ1) is 13.5. The number of benzene rings is 2. The zero-order valence-corrected chi connectivity index (χ0v) is 15.7. The van der Waals surface area contributed by atoms with Crippen molar-refractivity contribution in [2.75, 3.05) is 31.8 Å². The maximum absolute atomic E-state index is 12.3. The van der Waals surface area contributed by atoms with Crippen LogP contribution in [0, 0.1) is 0 Å². The number of nitrogens with two attached hydrogens (primary N) is 1. The Labute approximate surface area is 162 Å². The smallest absolute Gasteiger partial charge is 0.261 e. The number of imide groups is 1. The number of nitrogens with one attached hydrogen (secondary N) is 1. The van der Waals surface area contributed by atoms with Crippen molar-refractivity contribution in [3.63, 3.8) is 0 Å². The number of fused-ring (bicyclic) bond motifs is 1. The Morgan fingerprint density at radius 2 is 1.61 bits per heavy atom. The highest BCUT2D eigenvalue weighted by Gasteiger charge is 2.34. The van der Waals surface area contributed by atoms with Crippen LogP contribution in [0.1, 0.15) is 33.6 Å². The third-order valence-corrected chi connectivity index (χ3v) is 4.49. The Morgan fingerprint density at radius 3 is 2.18 bits per heavy atom. The Morgan fingerprint density at radius 1 is 1.04 bits per heavy atom. The lowest BCUT2D eigenvalue weighted by atomic mass is 10.1. The van der Waals surface area contributed by atoms with Gasteiger partial charge in [0.05, 0.1) is 36.7 Å². The molecule has 0 bridgehead atoms. The van der Waals surface area contributed by atoms with E-state index >= 15 is 0 Å². The summed E-state index contributed by atoms with van der Waals surface area (Å²) >= 11 is 0. The highest BCUT2D eigenvalue weighted by atomic mass is 16.5. The highest BCUT2D eigenvalue weighted by molar-refractivity contribution is 6.21. The van der Waals surface area contributed by atoms with Gasteiger partial charge in [-0.1, -0.05) is 12.1 Å². The molecule has 1 aliphatic heterocycles. The van der Waals surface area contributed by atoms with Gasteiger partial charge in [-0.2, -0.15) is 0 Å². The molecular formula is C20H21N3O5. The number of amides is 3. The molecule has 2 aromatic carbocycles. The van der Waals surface area contributed by atoms with E-state index < -0.39 is 0 Å². The van der Waals surface area contributed by atoms with Crippen LogP contribution in [0.5, 0.6) is 11.5 Å². The molecule has 0 saturated carbocycles. The van der Waals surface area contributed by atoms with Crippen molar-refractivity contribution in [3.8, 4) is 11.5 Å². The van der Waals surface area contributed by atoms with E-state index in [1.807, 2.05) is 0 Å². The van der Waals surface area contributed by atoms with Crippen LogP contribution in [-0.2, 0) is 4.79 Å². The molecular weight excluding hydrogens is 362 g/mol. The van der Waals surface area contributed by atoms with Gasteiger partial charge in [-0.05, 0) is 18.6 Å². The van der Waals surface area contributed by atoms with E-state index in [2.05, 4.69) is 5.32 Å². The number of rotatable bonds is 7. The predicted octanol–water partition coefficient (Wildman–Crippen LogP) is 2.30. The molecule has 2 aromatic rings. The number of nitrogen functional groups attached to an aromatic ring is 1. The molecule has 8 nitrogen and oxygen atoms in total. The lowest BCUT2D eigenvalue weighted by molar-refractivity contribution is -0.116. The molecule has 3 amide bonds. The maximum Gasteiger partial charge on any atom is 0.261 e. The first-order valence-corrected chi connectivity index (χ1v) is 8.72. The van der Waals surface area contributed by atoms with E-state index in [9.17, 15) is 14.4 Å². The predicted molar refractivity (Wildman–Crippen MR) is 104 cm³/mol. The molecule has 0 spiro atoms. The molecule has 0 fully saturated rings. The van der Waals surface area contributed by atoms with Crippen molar-refractivity contribution in [3.05, 3.63) is 47.5 Å². The van der Waals surface area contributed by atoms with Gasteiger partial charge < -0.3 is 20.5 Å². The van der Waals surface area contributed by atoms with E-state index in [-0.39, 0.29) is 30.7 Å². The van der Waals surface area contributed by atoms with Gasteiger partial charge in [-0.25, -0.2) is 0 Å². The number of anilines is 2. The number of hydrogen-bond donors (Lipinski definition) is 2. The van der Waals surface area contributed by atoms with Gasteiger partial charge in [0.2, 0.25) is 5.91 Å². The molecule has 146 valence electrons. The Kier molecular flexibility index (Phi) is 5.49. The van der Waals surface area contributed by atoms with Crippen molar-refractivity contribution < 1.29 is 23.9 Å². The molecule has 0 saturated heterocycles. The molecule has 1 aliphatic rings. The fourth-order valence-corrected chi connectivity index (χ4v) is 3.06. The van der Waals surface area contributed by atoms with Gasteiger partial charge in [0.15, 0.2) is 11.5 Å². The zero-order valence-electron chi connectivity index (χ0n) is 15.7. The van der Waals surface area contributed by atoms with Crippen LogP contribution in [0.15, 0.2) is 36.4 Å². The van der Waals surface area contributed by atoms with E-state index in [1.165, 1.54) is 19.1 Å². The van der Waals surface area contributed by atoms with Crippen LogP contribution in [0.2, 0.25) is 0 Å². The lowest BCUT2D eigenvalue weighted by Gasteiger charge is -2.15. The summed E-state index contributed by atoms with van der Waals surface area (Å²) in [6.07, 6.45) is 0.464. The Hall–Kier alpha value is -3.55. The van der Waals surface area contributed by atoms with Crippen molar-refractivity contribution in [1.82, 2.24) is 4.90 Å². The molecule has 3 N–H and O–H groups in total.